The average Bonchev–Trinajstić information content (AvgIpc) is 2.35. The number of hydrogen-bond acceptors (Lipinski definition) is 3. The van der Waals surface area contributed by atoms with Gasteiger partial charge in [-0.3, -0.25) is 4.31 Å². The number of unbranched alkanes of at least 4 members (excludes halogenated alkanes) is 1. The molecule has 5 heteroatoms. The normalized spacial score (nSPS) is 15.0. The van der Waals surface area contributed by atoms with Crippen molar-refractivity contribution in [1.29, 1.82) is 0 Å². The predicted molar refractivity (Wildman–Crippen MR) is 77.5 cm³/mol. The van der Waals surface area contributed by atoms with Gasteiger partial charge in [0, 0.05) is 0 Å². The highest BCUT2D eigenvalue weighted by molar-refractivity contribution is 7.92. The minimum absolute atomic E-state index is 0.205. The molecule has 0 atom stereocenters. The molecular formula is C14H21NO3S. The van der Waals surface area contributed by atoms with E-state index in [9.17, 15) is 8.42 Å². The number of fused-ring (bicyclic) bond motifs is 1. The maximum atomic E-state index is 12.4. The van der Waals surface area contributed by atoms with Crippen molar-refractivity contribution in [3.05, 3.63) is 23.3 Å². The number of rotatable bonds is 4. The lowest BCUT2D eigenvalue weighted by atomic mass is 10.1. The first kappa shape index (κ1) is 14.2. The molecule has 0 spiro atoms. The lowest BCUT2D eigenvalue weighted by Gasteiger charge is -2.32. The molecule has 19 heavy (non-hydrogen) atoms. The zero-order chi connectivity index (χ0) is 14.0. The van der Waals surface area contributed by atoms with Gasteiger partial charge in [0.15, 0.2) is 0 Å². The summed E-state index contributed by atoms with van der Waals surface area (Å²) in [6.07, 6.45) is 1.57. The fourth-order valence-corrected chi connectivity index (χ4v) is 4.15. The van der Waals surface area contributed by atoms with Gasteiger partial charge >= 0.3 is 0 Å². The second-order valence-corrected chi connectivity index (χ2v) is 7.03. The molecule has 0 amide bonds. The smallest absolute Gasteiger partial charge is 0.235 e. The standard InChI is InChI=1S/C14H21NO3S/c1-4-5-8-19(16,17)15-6-7-18-13-10-11(2)9-12(3)14(13)15/h9-10H,4-8H2,1-3H3. The number of nitrogens with zero attached hydrogens (tertiary/aromatic N) is 1. The Kier molecular flexibility index (Phi) is 4.04. The summed E-state index contributed by atoms with van der Waals surface area (Å²) < 4.78 is 32.0. The van der Waals surface area contributed by atoms with Crippen molar-refractivity contribution in [3.63, 3.8) is 0 Å². The number of aryl methyl sites for hydroxylation is 2. The fourth-order valence-electron chi connectivity index (χ4n) is 2.42. The van der Waals surface area contributed by atoms with Crippen molar-refractivity contribution in [1.82, 2.24) is 0 Å². The zero-order valence-corrected chi connectivity index (χ0v) is 12.6. The average molecular weight is 283 g/mol. The number of hydrogen-bond donors (Lipinski definition) is 0. The zero-order valence-electron chi connectivity index (χ0n) is 11.8. The van der Waals surface area contributed by atoms with Crippen molar-refractivity contribution in [3.8, 4) is 5.75 Å². The molecule has 0 fully saturated rings. The third kappa shape index (κ3) is 2.86. The Balaban J connectivity index is 2.42. The molecule has 4 nitrogen and oxygen atoms in total. The molecule has 0 saturated heterocycles. The summed E-state index contributed by atoms with van der Waals surface area (Å²) >= 11 is 0. The number of benzene rings is 1. The molecule has 0 aliphatic carbocycles. The highest BCUT2D eigenvalue weighted by Crippen LogP contribution is 2.37. The van der Waals surface area contributed by atoms with E-state index in [1.165, 1.54) is 4.31 Å². The minimum Gasteiger partial charge on any atom is -0.489 e. The molecule has 0 unspecified atom stereocenters. The summed E-state index contributed by atoms with van der Waals surface area (Å²) in [6.45, 7) is 6.74. The summed E-state index contributed by atoms with van der Waals surface area (Å²) in [7, 11) is -3.24. The van der Waals surface area contributed by atoms with Crippen LogP contribution < -0.4 is 9.04 Å². The van der Waals surface area contributed by atoms with Gasteiger partial charge in [-0.15, -0.1) is 0 Å². The molecular weight excluding hydrogens is 262 g/mol. The van der Waals surface area contributed by atoms with E-state index in [0.29, 0.717) is 31.0 Å². The van der Waals surface area contributed by atoms with Crippen LogP contribution >= 0.6 is 0 Å². The second kappa shape index (κ2) is 5.41. The van der Waals surface area contributed by atoms with Gasteiger partial charge in [0.2, 0.25) is 10.0 Å². The highest BCUT2D eigenvalue weighted by Gasteiger charge is 2.29. The van der Waals surface area contributed by atoms with Crippen LogP contribution in [0, 0.1) is 13.8 Å². The van der Waals surface area contributed by atoms with Crippen molar-refractivity contribution in [2.75, 3.05) is 23.2 Å². The van der Waals surface area contributed by atoms with Gasteiger partial charge < -0.3 is 4.74 Å². The van der Waals surface area contributed by atoms with E-state index in [4.69, 9.17) is 4.74 Å². The monoisotopic (exact) mass is 283 g/mol. The Bertz CT molecular complexity index is 566. The lowest BCUT2D eigenvalue weighted by Crippen LogP contribution is -2.39. The van der Waals surface area contributed by atoms with E-state index in [1.807, 2.05) is 32.9 Å². The van der Waals surface area contributed by atoms with Gasteiger partial charge in [0.1, 0.15) is 12.4 Å². The summed E-state index contributed by atoms with van der Waals surface area (Å²) in [4.78, 5) is 0. The highest BCUT2D eigenvalue weighted by atomic mass is 32.2. The summed E-state index contributed by atoms with van der Waals surface area (Å²) in [5, 5.41) is 0. The molecule has 1 aromatic rings. The third-order valence-corrected chi connectivity index (χ3v) is 5.14. The van der Waals surface area contributed by atoms with Gasteiger partial charge in [-0.25, -0.2) is 8.42 Å². The molecule has 1 aromatic carbocycles. The molecule has 1 aliphatic heterocycles. The first-order valence-electron chi connectivity index (χ1n) is 6.70. The van der Waals surface area contributed by atoms with Crippen LogP contribution in [0.1, 0.15) is 30.9 Å². The van der Waals surface area contributed by atoms with Gasteiger partial charge in [-0.1, -0.05) is 19.4 Å². The van der Waals surface area contributed by atoms with E-state index in [1.54, 1.807) is 0 Å². The summed E-state index contributed by atoms with van der Waals surface area (Å²) in [6, 6.07) is 3.90. The van der Waals surface area contributed by atoms with E-state index in [-0.39, 0.29) is 5.75 Å². The predicted octanol–water partition coefficient (Wildman–Crippen LogP) is 2.63. The van der Waals surface area contributed by atoms with Crippen molar-refractivity contribution in [2.24, 2.45) is 0 Å². The summed E-state index contributed by atoms with van der Waals surface area (Å²) in [5.41, 5.74) is 2.76. The van der Waals surface area contributed by atoms with Crippen LogP contribution in [-0.4, -0.2) is 27.3 Å². The van der Waals surface area contributed by atoms with Crippen molar-refractivity contribution in [2.45, 2.75) is 33.6 Å². The van der Waals surface area contributed by atoms with E-state index < -0.39 is 10.0 Å². The fraction of sp³-hybridized carbons (Fsp3) is 0.571. The molecule has 0 aromatic heterocycles. The van der Waals surface area contributed by atoms with Gasteiger partial charge in [0.05, 0.1) is 18.0 Å². The third-order valence-electron chi connectivity index (χ3n) is 3.30. The Hall–Kier alpha value is -1.23. The van der Waals surface area contributed by atoms with Crippen LogP contribution in [-0.2, 0) is 10.0 Å². The second-order valence-electron chi connectivity index (χ2n) is 5.02. The first-order valence-corrected chi connectivity index (χ1v) is 8.31. The SMILES string of the molecule is CCCCS(=O)(=O)N1CCOc2cc(C)cc(C)c21. The van der Waals surface area contributed by atoms with Gasteiger partial charge in [-0.2, -0.15) is 0 Å². The van der Waals surface area contributed by atoms with E-state index in [2.05, 4.69) is 0 Å². The molecule has 1 heterocycles. The molecule has 2 rings (SSSR count). The Labute approximate surface area is 115 Å². The van der Waals surface area contributed by atoms with Crippen LogP contribution in [0.2, 0.25) is 0 Å². The quantitative estimate of drug-likeness (QED) is 0.853. The van der Waals surface area contributed by atoms with Gasteiger partial charge in [-0.05, 0) is 37.5 Å². The maximum Gasteiger partial charge on any atom is 0.235 e. The van der Waals surface area contributed by atoms with Crippen LogP contribution in [0.25, 0.3) is 0 Å². The molecule has 0 saturated carbocycles. The van der Waals surface area contributed by atoms with Crippen LogP contribution in [0.5, 0.6) is 5.75 Å². The van der Waals surface area contributed by atoms with Crippen molar-refractivity contribution >= 4 is 15.7 Å². The first-order chi connectivity index (χ1) is 8.95. The Morgan fingerprint density at radius 3 is 2.74 bits per heavy atom. The van der Waals surface area contributed by atoms with E-state index >= 15 is 0 Å². The minimum atomic E-state index is -3.24. The van der Waals surface area contributed by atoms with E-state index in [0.717, 1.165) is 17.5 Å². The number of anilines is 1. The summed E-state index contributed by atoms with van der Waals surface area (Å²) in [5.74, 6) is 0.889. The Morgan fingerprint density at radius 2 is 2.05 bits per heavy atom. The molecule has 0 N–H and O–H groups in total. The van der Waals surface area contributed by atoms with Crippen LogP contribution in [0.4, 0.5) is 5.69 Å². The molecule has 0 radical (unpaired) electrons. The molecule has 106 valence electrons. The topological polar surface area (TPSA) is 46.6 Å². The van der Waals surface area contributed by atoms with Gasteiger partial charge in [0.25, 0.3) is 0 Å². The van der Waals surface area contributed by atoms with Crippen molar-refractivity contribution < 1.29 is 13.2 Å². The molecule has 0 bridgehead atoms. The van der Waals surface area contributed by atoms with Crippen LogP contribution in [0.15, 0.2) is 12.1 Å². The lowest BCUT2D eigenvalue weighted by molar-refractivity contribution is 0.315. The Morgan fingerprint density at radius 1 is 1.32 bits per heavy atom. The largest absolute Gasteiger partial charge is 0.489 e. The molecule has 1 aliphatic rings. The number of sulfonamides is 1. The van der Waals surface area contributed by atoms with Crippen LogP contribution in [0.3, 0.4) is 0 Å². The maximum absolute atomic E-state index is 12.4. The number of ether oxygens (including phenoxy) is 1.